The smallest absolute Gasteiger partial charge is 0.413 e. The third kappa shape index (κ3) is 5.93. The largest absolute Gasteiger partial charge is 0.464 e. The van der Waals surface area contributed by atoms with Crippen LogP contribution in [0.5, 0.6) is 0 Å². The second kappa shape index (κ2) is 10.5. The monoisotopic (exact) mass is 547 g/mol. The third-order valence-corrected chi connectivity index (χ3v) is 5.54. The van der Waals surface area contributed by atoms with Gasteiger partial charge in [-0.3, -0.25) is 9.69 Å². The van der Waals surface area contributed by atoms with E-state index in [2.05, 4.69) is 25.0 Å². The Kier molecular flexibility index (Phi) is 7.48. The summed E-state index contributed by atoms with van der Waals surface area (Å²) in [5.74, 6) is -1.42. The van der Waals surface area contributed by atoms with Gasteiger partial charge in [-0.1, -0.05) is 0 Å². The van der Waals surface area contributed by atoms with Crippen molar-refractivity contribution >= 4 is 18.0 Å². The Labute approximate surface area is 222 Å². The number of aliphatic hydroxyl groups is 1. The van der Waals surface area contributed by atoms with Gasteiger partial charge in [0.1, 0.15) is 42.2 Å². The van der Waals surface area contributed by atoms with E-state index in [1.54, 1.807) is 34.6 Å². The molecule has 4 rings (SSSR count). The van der Waals surface area contributed by atoms with Crippen molar-refractivity contribution in [3.05, 3.63) is 42.0 Å². The van der Waals surface area contributed by atoms with Gasteiger partial charge in [-0.05, 0) is 34.6 Å². The molecule has 0 saturated carbocycles. The summed E-state index contributed by atoms with van der Waals surface area (Å²) in [6, 6.07) is -1.75. The van der Waals surface area contributed by atoms with Crippen LogP contribution in [0.3, 0.4) is 0 Å². The minimum absolute atomic E-state index is 0.0261. The Bertz CT molecular complexity index is 1350. The lowest BCUT2D eigenvalue weighted by molar-refractivity contribution is -0.0634. The van der Waals surface area contributed by atoms with Crippen molar-refractivity contribution in [1.82, 2.24) is 25.2 Å². The first kappa shape index (κ1) is 27.8. The average Bonchev–Trinajstić information content (AvgIpc) is 3.65. The zero-order valence-electron chi connectivity index (χ0n) is 22.2. The average molecular weight is 548 g/mol. The Morgan fingerprint density at radius 3 is 2.51 bits per heavy atom. The van der Waals surface area contributed by atoms with Crippen molar-refractivity contribution in [2.45, 2.75) is 58.0 Å². The number of hydrogen-bond acceptors (Lipinski definition) is 13. The van der Waals surface area contributed by atoms with Gasteiger partial charge >= 0.3 is 12.1 Å². The van der Waals surface area contributed by atoms with Gasteiger partial charge in [-0.2, -0.15) is 0 Å². The highest BCUT2D eigenvalue weighted by Crippen LogP contribution is 2.38. The summed E-state index contributed by atoms with van der Waals surface area (Å²) >= 11 is 0. The summed E-state index contributed by atoms with van der Waals surface area (Å²) in [6.07, 6.45) is 2.83. The molecule has 39 heavy (non-hydrogen) atoms. The topological polar surface area (TPSA) is 192 Å². The highest BCUT2D eigenvalue weighted by Gasteiger charge is 2.48. The molecule has 1 aliphatic rings. The first-order valence-corrected chi connectivity index (χ1v) is 11.9. The zero-order chi connectivity index (χ0) is 28.5. The molecule has 2 atom stereocenters. The molecule has 1 unspecified atom stereocenters. The summed E-state index contributed by atoms with van der Waals surface area (Å²) in [7, 11) is 1.18. The first-order chi connectivity index (χ1) is 18.3. The molecule has 15 nitrogen and oxygen atoms in total. The number of nitrogens with one attached hydrogen (secondary N) is 1. The number of hydrogen-bond donors (Lipinski definition) is 2. The van der Waals surface area contributed by atoms with E-state index in [9.17, 15) is 19.5 Å². The van der Waals surface area contributed by atoms with Crippen LogP contribution in [0.25, 0.3) is 11.6 Å². The van der Waals surface area contributed by atoms with E-state index in [0.717, 1.165) is 12.5 Å². The summed E-state index contributed by atoms with van der Waals surface area (Å²) < 4.78 is 32.1. The van der Waals surface area contributed by atoms with E-state index in [1.807, 2.05) is 0 Å². The molecule has 0 spiro atoms. The van der Waals surface area contributed by atoms with E-state index in [0.29, 0.717) is 0 Å². The van der Waals surface area contributed by atoms with E-state index in [1.165, 1.54) is 18.3 Å². The summed E-state index contributed by atoms with van der Waals surface area (Å²) in [4.78, 5) is 51.1. The molecule has 1 fully saturated rings. The van der Waals surface area contributed by atoms with Crippen LogP contribution in [0.2, 0.25) is 0 Å². The summed E-state index contributed by atoms with van der Waals surface area (Å²) in [5.41, 5.74) is -1.77. The number of aliphatic hydroxyl groups excluding tert-OH is 1. The van der Waals surface area contributed by atoms with E-state index < -0.39 is 48.0 Å². The molecule has 3 aromatic rings. The number of oxazole rings is 3. The number of methoxy groups -OCH3 is 1. The fourth-order valence-corrected chi connectivity index (χ4v) is 3.74. The molecule has 4 heterocycles. The molecule has 2 amide bonds. The summed E-state index contributed by atoms with van der Waals surface area (Å²) in [6.45, 7) is 8.29. The molecule has 1 saturated heterocycles. The zero-order valence-corrected chi connectivity index (χ0v) is 22.2. The van der Waals surface area contributed by atoms with Crippen LogP contribution in [0.15, 0.2) is 32.0 Å². The highest BCUT2D eigenvalue weighted by atomic mass is 16.6. The lowest BCUT2D eigenvalue weighted by atomic mass is 10.2. The van der Waals surface area contributed by atoms with Crippen molar-refractivity contribution in [3.8, 4) is 11.6 Å². The molecule has 0 bridgehead atoms. The van der Waals surface area contributed by atoms with Gasteiger partial charge < -0.3 is 37.9 Å². The second-order valence-electron chi connectivity index (χ2n) is 10.0. The Morgan fingerprint density at radius 2 is 1.85 bits per heavy atom. The molecule has 2 N–H and O–H groups in total. The molecular weight excluding hydrogens is 518 g/mol. The Balaban J connectivity index is 1.48. The minimum atomic E-state index is -1.07. The molecule has 210 valence electrons. The number of carbonyl (C=O) groups is 3. The minimum Gasteiger partial charge on any atom is -0.464 e. The number of ether oxygens (including phenoxy) is 3. The number of nitrogens with zero attached hydrogens (tertiary/aromatic N) is 4. The van der Waals surface area contributed by atoms with Gasteiger partial charge in [0.25, 0.3) is 5.91 Å². The number of rotatable bonds is 7. The predicted molar refractivity (Wildman–Crippen MR) is 128 cm³/mol. The fourth-order valence-electron chi connectivity index (χ4n) is 3.74. The van der Waals surface area contributed by atoms with Gasteiger partial charge in [0.15, 0.2) is 17.1 Å². The number of carbonyl (C=O) groups excluding carboxylic acids is 3. The quantitative estimate of drug-likeness (QED) is 0.410. The normalized spacial score (nSPS) is 17.6. The molecule has 3 aromatic heterocycles. The Hall–Kier alpha value is -4.24. The van der Waals surface area contributed by atoms with Gasteiger partial charge in [0.2, 0.25) is 17.7 Å². The van der Waals surface area contributed by atoms with Gasteiger partial charge in [-0.15, -0.1) is 0 Å². The number of esters is 1. The standard InChI is InChI=1S/C24H29N5O10/c1-23(2,3)39-22(33)29-16(11-38-24(29,4)5)20-27-14(9-37-20)19-26-13(8-35-19)17(31)25-12(7-30)18-28-15(10-36-18)21(32)34-6/h8-10,12,16,30H,7,11H2,1-6H3,(H,25,31)/t12-,16?/m0/s1. The van der Waals surface area contributed by atoms with Crippen molar-refractivity contribution in [3.63, 3.8) is 0 Å². The van der Waals surface area contributed by atoms with Gasteiger partial charge in [0.05, 0.1) is 20.3 Å². The van der Waals surface area contributed by atoms with Crippen LogP contribution >= 0.6 is 0 Å². The van der Waals surface area contributed by atoms with Crippen LogP contribution in [-0.2, 0) is 14.2 Å². The van der Waals surface area contributed by atoms with E-state index >= 15 is 0 Å². The molecule has 0 radical (unpaired) electrons. The lowest BCUT2D eigenvalue weighted by Crippen LogP contribution is -2.47. The molecule has 0 aliphatic carbocycles. The fraction of sp³-hybridized carbons (Fsp3) is 0.500. The van der Waals surface area contributed by atoms with Crippen LogP contribution in [0.4, 0.5) is 4.79 Å². The van der Waals surface area contributed by atoms with Crippen molar-refractivity contribution < 1.29 is 47.0 Å². The first-order valence-electron chi connectivity index (χ1n) is 11.9. The van der Waals surface area contributed by atoms with Crippen molar-refractivity contribution in [2.75, 3.05) is 20.3 Å². The number of amides is 2. The molecule has 1 aliphatic heterocycles. The highest BCUT2D eigenvalue weighted by molar-refractivity contribution is 5.92. The molecular formula is C24H29N5O10. The van der Waals surface area contributed by atoms with Crippen molar-refractivity contribution in [1.29, 1.82) is 0 Å². The third-order valence-electron chi connectivity index (χ3n) is 5.54. The van der Waals surface area contributed by atoms with Gasteiger partial charge in [0, 0.05) is 0 Å². The lowest BCUT2D eigenvalue weighted by Gasteiger charge is -2.34. The van der Waals surface area contributed by atoms with E-state index in [4.69, 9.17) is 22.7 Å². The van der Waals surface area contributed by atoms with Crippen molar-refractivity contribution in [2.24, 2.45) is 0 Å². The van der Waals surface area contributed by atoms with Crippen LogP contribution < -0.4 is 5.32 Å². The maximum Gasteiger partial charge on any atom is 0.413 e. The van der Waals surface area contributed by atoms with E-state index in [-0.39, 0.29) is 41.4 Å². The van der Waals surface area contributed by atoms with Crippen LogP contribution in [-0.4, -0.2) is 74.6 Å². The molecule has 15 heteroatoms. The Morgan fingerprint density at radius 1 is 1.13 bits per heavy atom. The SMILES string of the molecule is COC(=O)c1coc([C@H](CO)NC(=O)c2coc(-c3coc(C4COC(C)(C)N4C(=O)OC(C)(C)C)n3)n2)n1. The van der Waals surface area contributed by atoms with Crippen LogP contribution in [0.1, 0.15) is 79.5 Å². The predicted octanol–water partition coefficient (Wildman–Crippen LogP) is 2.61. The maximum atomic E-state index is 12.9. The number of aromatic nitrogens is 3. The maximum absolute atomic E-state index is 12.9. The van der Waals surface area contributed by atoms with Gasteiger partial charge in [-0.25, -0.2) is 24.5 Å². The molecule has 0 aromatic carbocycles. The summed E-state index contributed by atoms with van der Waals surface area (Å²) in [5, 5.41) is 12.2. The second-order valence-corrected chi connectivity index (χ2v) is 10.0. The van der Waals surface area contributed by atoms with Crippen LogP contribution in [0, 0.1) is 0 Å².